The number of rotatable bonds is 3. The van der Waals surface area contributed by atoms with Crippen LogP contribution in [-0.2, 0) is 0 Å². The fourth-order valence-corrected chi connectivity index (χ4v) is 3.09. The molecule has 1 saturated heterocycles. The van der Waals surface area contributed by atoms with Gasteiger partial charge in [-0.3, -0.25) is 4.90 Å². The van der Waals surface area contributed by atoms with Crippen molar-refractivity contribution in [2.24, 2.45) is 11.7 Å². The van der Waals surface area contributed by atoms with Gasteiger partial charge in [0.15, 0.2) is 0 Å². The van der Waals surface area contributed by atoms with Gasteiger partial charge >= 0.3 is 0 Å². The Labute approximate surface area is 120 Å². The molecule has 2 heterocycles. The Bertz CT molecular complexity index is 590. The Morgan fingerprint density at radius 1 is 1.40 bits per heavy atom. The summed E-state index contributed by atoms with van der Waals surface area (Å²) in [6.07, 6.45) is 5.09. The Morgan fingerprint density at radius 2 is 2.25 bits per heavy atom. The maximum Gasteiger partial charge on any atom is 0.0648 e. The molecule has 0 saturated carbocycles. The SMILES string of the molecule is Cc1cnn(-c2cccc(C3CC(CN)CN3C)c2)c1. The highest BCUT2D eigenvalue weighted by molar-refractivity contribution is 5.37. The number of likely N-dealkylation sites (tertiary alicyclic amines) is 1. The van der Waals surface area contributed by atoms with Crippen LogP contribution in [0.4, 0.5) is 0 Å². The predicted octanol–water partition coefficient (Wildman–Crippen LogP) is 2.13. The third-order valence-electron chi connectivity index (χ3n) is 4.20. The van der Waals surface area contributed by atoms with Crippen LogP contribution in [0.25, 0.3) is 5.69 Å². The zero-order valence-corrected chi connectivity index (χ0v) is 12.2. The first-order chi connectivity index (χ1) is 9.67. The van der Waals surface area contributed by atoms with Crippen molar-refractivity contribution in [2.75, 3.05) is 20.1 Å². The van der Waals surface area contributed by atoms with Gasteiger partial charge in [-0.2, -0.15) is 5.10 Å². The van der Waals surface area contributed by atoms with Gasteiger partial charge in [0.2, 0.25) is 0 Å². The van der Waals surface area contributed by atoms with Gasteiger partial charge in [0.1, 0.15) is 0 Å². The second-order valence-corrected chi connectivity index (χ2v) is 5.85. The van der Waals surface area contributed by atoms with Crippen LogP contribution < -0.4 is 5.73 Å². The Balaban J connectivity index is 1.88. The van der Waals surface area contributed by atoms with Crippen molar-refractivity contribution in [3.8, 4) is 5.69 Å². The van der Waals surface area contributed by atoms with E-state index in [1.54, 1.807) is 0 Å². The molecule has 2 unspecified atom stereocenters. The topological polar surface area (TPSA) is 47.1 Å². The van der Waals surface area contributed by atoms with Crippen LogP contribution in [-0.4, -0.2) is 34.8 Å². The van der Waals surface area contributed by atoms with Crippen molar-refractivity contribution >= 4 is 0 Å². The minimum absolute atomic E-state index is 0.472. The van der Waals surface area contributed by atoms with Crippen LogP contribution in [0.15, 0.2) is 36.7 Å². The number of nitrogens with zero attached hydrogens (tertiary/aromatic N) is 3. The summed E-state index contributed by atoms with van der Waals surface area (Å²) in [5.41, 5.74) is 9.48. The zero-order valence-electron chi connectivity index (χ0n) is 12.2. The largest absolute Gasteiger partial charge is 0.330 e. The van der Waals surface area contributed by atoms with Gasteiger partial charge in [-0.1, -0.05) is 12.1 Å². The van der Waals surface area contributed by atoms with Gasteiger partial charge in [0.25, 0.3) is 0 Å². The van der Waals surface area contributed by atoms with Crippen molar-refractivity contribution in [1.82, 2.24) is 14.7 Å². The van der Waals surface area contributed by atoms with Crippen LogP contribution >= 0.6 is 0 Å². The molecule has 106 valence electrons. The molecule has 0 radical (unpaired) electrons. The average molecular weight is 270 g/mol. The van der Waals surface area contributed by atoms with Crippen molar-refractivity contribution in [3.05, 3.63) is 47.8 Å². The summed E-state index contributed by atoms with van der Waals surface area (Å²) < 4.78 is 1.94. The van der Waals surface area contributed by atoms with E-state index < -0.39 is 0 Å². The maximum absolute atomic E-state index is 5.82. The van der Waals surface area contributed by atoms with E-state index in [0.29, 0.717) is 12.0 Å². The molecule has 3 rings (SSSR count). The molecule has 2 aromatic rings. The highest BCUT2D eigenvalue weighted by atomic mass is 15.3. The van der Waals surface area contributed by atoms with E-state index in [9.17, 15) is 0 Å². The van der Waals surface area contributed by atoms with Gasteiger partial charge in [0, 0.05) is 18.8 Å². The van der Waals surface area contributed by atoms with E-state index in [1.807, 2.05) is 10.9 Å². The third-order valence-corrected chi connectivity index (χ3v) is 4.20. The lowest BCUT2D eigenvalue weighted by atomic mass is 9.99. The molecule has 1 aromatic heterocycles. The molecule has 0 spiro atoms. The number of hydrogen-bond acceptors (Lipinski definition) is 3. The molecule has 2 atom stereocenters. The lowest BCUT2D eigenvalue weighted by molar-refractivity contribution is 0.313. The van der Waals surface area contributed by atoms with Crippen molar-refractivity contribution in [2.45, 2.75) is 19.4 Å². The average Bonchev–Trinajstić information content (AvgIpc) is 3.05. The molecule has 4 nitrogen and oxygen atoms in total. The monoisotopic (exact) mass is 270 g/mol. The smallest absolute Gasteiger partial charge is 0.0648 e. The first kappa shape index (κ1) is 13.3. The summed E-state index contributed by atoms with van der Waals surface area (Å²) in [5, 5.41) is 4.39. The summed E-state index contributed by atoms with van der Waals surface area (Å²) in [7, 11) is 2.19. The van der Waals surface area contributed by atoms with E-state index in [1.165, 1.54) is 11.1 Å². The molecular formula is C16H22N4. The van der Waals surface area contributed by atoms with E-state index >= 15 is 0 Å². The van der Waals surface area contributed by atoms with Crippen molar-refractivity contribution < 1.29 is 0 Å². The summed E-state index contributed by atoms with van der Waals surface area (Å²) in [6, 6.07) is 9.14. The second-order valence-electron chi connectivity index (χ2n) is 5.85. The number of hydrogen-bond donors (Lipinski definition) is 1. The first-order valence-electron chi connectivity index (χ1n) is 7.19. The van der Waals surface area contributed by atoms with Crippen LogP contribution in [0.3, 0.4) is 0 Å². The highest BCUT2D eigenvalue weighted by Gasteiger charge is 2.29. The van der Waals surface area contributed by atoms with Crippen molar-refractivity contribution in [3.63, 3.8) is 0 Å². The molecule has 20 heavy (non-hydrogen) atoms. The molecule has 1 aromatic carbocycles. The fourth-order valence-electron chi connectivity index (χ4n) is 3.09. The Hall–Kier alpha value is -1.65. The highest BCUT2D eigenvalue weighted by Crippen LogP contribution is 2.34. The number of aromatic nitrogens is 2. The lowest BCUT2D eigenvalue weighted by Crippen LogP contribution is -2.20. The van der Waals surface area contributed by atoms with Crippen LogP contribution in [0, 0.1) is 12.8 Å². The third kappa shape index (κ3) is 2.49. The van der Waals surface area contributed by atoms with Gasteiger partial charge < -0.3 is 5.73 Å². The summed E-state index contributed by atoms with van der Waals surface area (Å²) in [4.78, 5) is 2.41. The van der Waals surface area contributed by atoms with Crippen LogP contribution in [0.5, 0.6) is 0 Å². The lowest BCUT2D eigenvalue weighted by Gasteiger charge is -2.20. The quantitative estimate of drug-likeness (QED) is 0.929. The predicted molar refractivity (Wildman–Crippen MR) is 80.8 cm³/mol. The molecule has 0 amide bonds. The molecule has 4 heteroatoms. The molecular weight excluding hydrogens is 248 g/mol. The van der Waals surface area contributed by atoms with Crippen molar-refractivity contribution in [1.29, 1.82) is 0 Å². The molecule has 0 bridgehead atoms. The fraction of sp³-hybridized carbons (Fsp3) is 0.438. The summed E-state index contributed by atoms with van der Waals surface area (Å²) >= 11 is 0. The first-order valence-corrected chi connectivity index (χ1v) is 7.19. The zero-order chi connectivity index (χ0) is 14.1. The van der Waals surface area contributed by atoms with Crippen LogP contribution in [0.1, 0.15) is 23.6 Å². The maximum atomic E-state index is 5.82. The second kappa shape index (κ2) is 5.38. The Morgan fingerprint density at radius 3 is 2.90 bits per heavy atom. The molecule has 1 fully saturated rings. The van der Waals surface area contributed by atoms with E-state index in [2.05, 4.69) is 54.4 Å². The van der Waals surface area contributed by atoms with Gasteiger partial charge in [-0.05, 0) is 56.1 Å². The molecule has 2 N–H and O–H groups in total. The minimum Gasteiger partial charge on any atom is -0.330 e. The normalized spacial score (nSPS) is 23.4. The molecule has 1 aliphatic heterocycles. The summed E-state index contributed by atoms with van der Waals surface area (Å²) in [6.45, 7) is 3.93. The van der Waals surface area contributed by atoms with E-state index in [4.69, 9.17) is 5.73 Å². The van der Waals surface area contributed by atoms with Gasteiger partial charge in [0.05, 0.1) is 11.9 Å². The summed E-state index contributed by atoms with van der Waals surface area (Å²) in [5.74, 6) is 0.612. The molecule has 0 aliphatic carbocycles. The number of benzene rings is 1. The number of nitrogens with two attached hydrogens (primary N) is 1. The van der Waals surface area contributed by atoms with Gasteiger partial charge in [-0.25, -0.2) is 4.68 Å². The number of aryl methyl sites for hydroxylation is 1. The Kier molecular flexibility index (Phi) is 3.59. The van der Waals surface area contributed by atoms with Crippen LogP contribution in [0.2, 0.25) is 0 Å². The standard InChI is InChI=1S/C16H22N4/c1-12-9-18-20(10-12)15-5-3-4-14(7-15)16-6-13(8-17)11-19(16)2/h3-5,7,9-10,13,16H,6,8,11,17H2,1-2H3. The van der Waals surface area contributed by atoms with E-state index in [-0.39, 0.29) is 0 Å². The molecule has 1 aliphatic rings. The van der Waals surface area contributed by atoms with E-state index in [0.717, 1.165) is 25.2 Å². The van der Waals surface area contributed by atoms with Gasteiger partial charge in [-0.15, -0.1) is 0 Å². The minimum atomic E-state index is 0.472.